The van der Waals surface area contributed by atoms with Crippen LogP contribution in [0.25, 0.3) is 0 Å². The van der Waals surface area contributed by atoms with Crippen molar-refractivity contribution in [2.75, 3.05) is 19.6 Å². The molecule has 112 valence electrons. The van der Waals surface area contributed by atoms with Gasteiger partial charge in [-0.1, -0.05) is 31.4 Å². The average Bonchev–Trinajstić information content (AvgIpc) is 3.08. The number of hydrogen-bond acceptors (Lipinski definition) is 3. The molecular weight excluding hydrogens is 292 g/mol. The van der Waals surface area contributed by atoms with E-state index in [-0.39, 0.29) is 5.92 Å². The van der Waals surface area contributed by atoms with E-state index in [1.807, 2.05) is 4.90 Å². The molecule has 2 heterocycles. The molecule has 2 atom stereocenters. The van der Waals surface area contributed by atoms with Gasteiger partial charge < -0.3 is 14.9 Å². The van der Waals surface area contributed by atoms with Crippen LogP contribution in [0.3, 0.4) is 0 Å². The molecule has 2 aliphatic rings. The van der Waals surface area contributed by atoms with Crippen molar-refractivity contribution < 1.29 is 9.90 Å². The molecule has 20 heavy (non-hydrogen) atoms. The van der Waals surface area contributed by atoms with E-state index in [4.69, 9.17) is 24.4 Å². The molecule has 1 N–H and O–H groups in total. The summed E-state index contributed by atoms with van der Waals surface area (Å²) in [4.78, 5) is 17.1. The number of carboxylic acid groups (broad SMARTS) is 1. The van der Waals surface area contributed by atoms with Crippen molar-refractivity contribution in [1.82, 2.24) is 9.80 Å². The number of carbonyl (C=O) groups is 1. The largest absolute Gasteiger partial charge is 0.480 e. The zero-order chi connectivity index (χ0) is 14.7. The summed E-state index contributed by atoms with van der Waals surface area (Å²) in [6.45, 7) is 4.93. The van der Waals surface area contributed by atoms with Crippen molar-refractivity contribution in [3.05, 3.63) is 0 Å². The summed E-state index contributed by atoms with van der Waals surface area (Å²) in [7, 11) is 0. The van der Waals surface area contributed by atoms with Crippen LogP contribution in [0.15, 0.2) is 0 Å². The van der Waals surface area contributed by atoms with Crippen LogP contribution in [0.1, 0.15) is 39.0 Å². The molecule has 0 aromatic heterocycles. The molecule has 0 aromatic rings. The molecule has 0 aromatic carbocycles. The second-order valence-corrected chi connectivity index (χ2v) is 6.61. The van der Waals surface area contributed by atoms with E-state index in [9.17, 15) is 9.90 Å². The fourth-order valence-electron chi connectivity index (χ4n) is 3.02. The molecule has 0 bridgehead atoms. The molecule has 4 nitrogen and oxygen atoms in total. The first kappa shape index (κ1) is 15.6. The molecule has 2 rings (SSSR count). The Morgan fingerprint density at radius 1 is 1.25 bits per heavy atom. The Bertz CT molecular complexity index is 408. The number of hydrogen-bond donors (Lipinski definition) is 1. The van der Waals surface area contributed by atoms with Crippen molar-refractivity contribution in [3.63, 3.8) is 0 Å². The van der Waals surface area contributed by atoms with E-state index in [2.05, 4.69) is 11.8 Å². The maximum atomic E-state index is 11.2. The van der Waals surface area contributed by atoms with Crippen LogP contribution in [-0.2, 0) is 4.79 Å². The van der Waals surface area contributed by atoms with E-state index in [1.54, 1.807) is 0 Å². The van der Waals surface area contributed by atoms with E-state index in [1.165, 1.54) is 12.8 Å². The first-order chi connectivity index (χ1) is 9.50. The normalized spacial score (nSPS) is 23.9. The van der Waals surface area contributed by atoms with Crippen LogP contribution in [-0.4, -0.2) is 56.5 Å². The summed E-state index contributed by atoms with van der Waals surface area (Å²) >= 11 is 11.0. The fourth-order valence-corrected chi connectivity index (χ4v) is 3.75. The molecule has 6 heteroatoms. The summed E-state index contributed by atoms with van der Waals surface area (Å²) in [6, 6.07) is -0.440. The van der Waals surface area contributed by atoms with Crippen LogP contribution in [0.2, 0.25) is 0 Å². The van der Waals surface area contributed by atoms with Gasteiger partial charge in [0.25, 0.3) is 0 Å². The van der Waals surface area contributed by atoms with Crippen LogP contribution in [0.5, 0.6) is 0 Å². The average molecular weight is 314 g/mol. The summed E-state index contributed by atoms with van der Waals surface area (Å²) < 4.78 is 0. The second-order valence-electron chi connectivity index (χ2n) is 5.72. The minimum absolute atomic E-state index is 0.137. The van der Waals surface area contributed by atoms with Crippen LogP contribution >= 0.6 is 24.4 Å². The summed E-state index contributed by atoms with van der Waals surface area (Å²) in [5.74, 6) is -0.628. The molecule has 0 aliphatic carbocycles. The second kappa shape index (κ2) is 6.80. The molecule has 0 spiro atoms. The Morgan fingerprint density at radius 2 is 1.90 bits per heavy atom. The molecule has 0 saturated carbocycles. The maximum Gasteiger partial charge on any atom is 0.326 e. The Balaban J connectivity index is 1.91. The van der Waals surface area contributed by atoms with E-state index < -0.39 is 12.0 Å². The first-order valence-corrected chi connectivity index (χ1v) is 8.13. The standard InChI is InChI=1S/C14H22N2O2S2/c1-10(9-12(19)15-6-2-3-7-15)13(20)16-8-4-5-11(16)14(17)18/h10-11H,2-9H2,1H3,(H,17,18)/t10?,11-/m0/s1. The monoisotopic (exact) mass is 314 g/mol. The summed E-state index contributed by atoms with van der Waals surface area (Å²) in [5.41, 5.74) is 0. The number of carboxylic acids is 1. The quantitative estimate of drug-likeness (QED) is 0.803. The smallest absolute Gasteiger partial charge is 0.326 e. The molecule has 2 saturated heterocycles. The van der Waals surface area contributed by atoms with Gasteiger partial charge >= 0.3 is 5.97 Å². The first-order valence-electron chi connectivity index (χ1n) is 7.31. The van der Waals surface area contributed by atoms with Gasteiger partial charge in [0.05, 0.1) is 9.98 Å². The predicted octanol–water partition coefficient (Wildman–Crippen LogP) is 2.31. The van der Waals surface area contributed by atoms with Crippen molar-refractivity contribution in [2.45, 2.75) is 45.1 Å². The third-order valence-electron chi connectivity index (χ3n) is 4.18. The molecule has 0 amide bonds. The van der Waals surface area contributed by atoms with Gasteiger partial charge in [-0.05, 0) is 25.7 Å². The third kappa shape index (κ3) is 3.47. The van der Waals surface area contributed by atoms with Gasteiger partial charge in [0.15, 0.2) is 0 Å². The van der Waals surface area contributed by atoms with Crippen molar-refractivity contribution in [3.8, 4) is 0 Å². The minimum Gasteiger partial charge on any atom is -0.480 e. The highest BCUT2D eigenvalue weighted by Crippen LogP contribution is 2.23. The molecular formula is C14H22N2O2S2. The van der Waals surface area contributed by atoms with Gasteiger partial charge in [0.1, 0.15) is 6.04 Å². The molecule has 1 unspecified atom stereocenters. The highest BCUT2D eigenvalue weighted by molar-refractivity contribution is 7.80. The van der Waals surface area contributed by atoms with E-state index in [0.29, 0.717) is 6.42 Å². The van der Waals surface area contributed by atoms with E-state index in [0.717, 1.165) is 42.5 Å². The van der Waals surface area contributed by atoms with E-state index >= 15 is 0 Å². The Morgan fingerprint density at radius 3 is 2.50 bits per heavy atom. The lowest BCUT2D eigenvalue weighted by Crippen LogP contribution is -2.43. The van der Waals surface area contributed by atoms with Crippen LogP contribution in [0.4, 0.5) is 0 Å². The molecule has 0 radical (unpaired) electrons. The minimum atomic E-state index is -0.765. The van der Waals surface area contributed by atoms with Gasteiger partial charge in [0.2, 0.25) is 0 Å². The van der Waals surface area contributed by atoms with Crippen molar-refractivity contribution >= 4 is 40.4 Å². The van der Waals surface area contributed by atoms with Crippen LogP contribution in [0, 0.1) is 5.92 Å². The summed E-state index contributed by atoms with van der Waals surface area (Å²) in [5, 5.41) is 9.23. The zero-order valence-electron chi connectivity index (χ0n) is 11.9. The number of rotatable bonds is 4. The number of likely N-dealkylation sites (tertiary alicyclic amines) is 2. The summed E-state index contributed by atoms with van der Waals surface area (Å²) in [6.07, 6.45) is 4.79. The van der Waals surface area contributed by atoms with Gasteiger partial charge in [0, 0.05) is 32.0 Å². The lowest BCUT2D eigenvalue weighted by Gasteiger charge is -2.29. The van der Waals surface area contributed by atoms with Crippen molar-refractivity contribution in [1.29, 1.82) is 0 Å². The predicted molar refractivity (Wildman–Crippen MR) is 87.1 cm³/mol. The van der Waals surface area contributed by atoms with Gasteiger partial charge in [-0.2, -0.15) is 0 Å². The van der Waals surface area contributed by atoms with Gasteiger partial charge in [-0.3, -0.25) is 0 Å². The SMILES string of the molecule is CC(CC(=S)N1CCCC1)C(=S)N1CCC[C@H]1C(=O)O. The Labute approximate surface area is 131 Å². The highest BCUT2D eigenvalue weighted by atomic mass is 32.1. The molecule has 2 aliphatic heterocycles. The Kier molecular flexibility index (Phi) is 5.32. The lowest BCUT2D eigenvalue weighted by molar-refractivity contribution is -0.140. The molecule has 2 fully saturated rings. The number of aliphatic carboxylic acids is 1. The van der Waals surface area contributed by atoms with Crippen molar-refractivity contribution in [2.24, 2.45) is 5.92 Å². The topological polar surface area (TPSA) is 43.8 Å². The highest BCUT2D eigenvalue weighted by Gasteiger charge is 2.34. The zero-order valence-corrected chi connectivity index (χ0v) is 13.5. The lowest BCUT2D eigenvalue weighted by atomic mass is 10.1. The fraction of sp³-hybridized carbons (Fsp3) is 0.786. The number of thiocarbonyl (C=S) groups is 2. The van der Waals surface area contributed by atoms with Gasteiger partial charge in [-0.25, -0.2) is 4.79 Å². The number of nitrogens with zero attached hydrogens (tertiary/aromatic N) is 2. The van der Waals surface area contributed by atoms with Gasteiger partial charge in [-0.15, -0.1) is 0 Å². The van der Waals surface area contributed by atoms with Crippen LogP contribution < -0.4 is 0 Å². The third-order valence-corrected chi connectivity index (χ3v) is 5.24. The maximum absolute atomic E-state index is 11.2. The Hall–Kier alpha value is -0.750.